The minimum absolute atomic E-state index is 0.0288. The molecule has 3 nitrogen and oxygen atoms in total. The first-order valence-electron chi connectivity index (χ1n) is 6.49. The lowest BCUT2D eigenvalue weighted by Crippen LogP contribution is -2.36. The zero-order chi connectivity index (χ0) is 14.4. The fourth-order valence-electron chi connectivity index (χ4n) is 1.86. The number of nitrogens with one attached hydrogen (secondary N) is 2. The summed E-state index contributed by atoms with van der Waals surface area (Å²) in [5, 5.41) is 5.77. The zero-order valence-electron chi connectivity index (χ0n) is 11.3. The molecule has 0 aliphatic heterocycles. The van der Waals surface area contributed by atoms with Crippen LogP contribution in [0.5, 0.6) is 0 Å². The minimum atomic E-state index is -0.163. The van der Waals surface area contributed by atoms with Crippen molar-refractivity contribution >= 4 is 22.0 Å². The van der Waals surface area contributed by atoms with Gasteiger partial charge in [0.15, 0.2) is 0 Å². The van der Waals surface area contributed by atoms with Gasteiger partial charge in [0.1, 0.15) is 0 Å². The van der Waals surface area contributed by atoms with Gasteiger partial charge in [-0.2, -0.15) is 0 Å². The summed E-state index contributed by atoms with van der Waals surface area (Å²) >= 11 is 3.40. The van der Waals surface area contributed by atoms with Crippen LogP contribution in [0.2, 0.25) is 0 Å². The summed E-state index contributed by atoms with van der Waals surface area (Å²) in [6.07, 6.45) is 0. The zero-order valence-corrected chi connectivity index (χ0v) is 12.9. The minimum Gasteiger partial charge on any atom is -0.334 e. The van der Waals surface area contributed by atoms with E-state index in [0.717, 1.165) is 15.6 Å². The summed E-state index contributed by atoms with van der Waals surface area (Å²) in [4.78, 5) is 11.8. The van der Waals surface area contributed by atoms with E-state index < -0.39 is 0 Å². The molecule has 0 saturated carbocycles. The first-order valence-corrected chi connectivity index (χ1v) is 7.28. The fraction of sp³-hybridized carbons (Fsp3) is 0.188. The molecule has 0 aromatic heterocycles. The van der Waals surface area contributed by atoms with E-state index >= 15 is 0 Å². The molecule has 2 rings (SSSR count). The van der Waals surface area contributed by atoms with Gasteiger partial charge in [-0.05, 0) is 30.2 Å². The molecule has 0 aliphatic carbocycles. The molecule has 1 atom stereocenters. The van der Waals surface area contributed by atoms with Gasteiger partial charge in [-0.1, -0.05) is 58.4 Å². The summed E-state index contributed by atoms with van der Waals surface area (Å²) in [7, 11) is 0. The largest absolute Gasteiger partial charge is 0.334 e. The third-order valence-corrected chi connectivity index (χ3v) is 3.54. The molecule has 104 valence electrons. The van der Waals surface area contributed by atoms with Gasteiger partial charge in [-0.25, -0.2) is 4.79 Å². The Morgan fingerprint density at radius 1 is 1.10 bits per heavy atom. The Labute approximate surface area is 127 Å². The number of halogens is 1. The highest BCUT2D eigenvalue weighted by Gasteiger charge is 2.08. The lowest BCUT2D eigenvalue weighted by Gasteiger charge is -2.15. The number of benzene rings is 2. The van der Waals surface area contributed by atoms with E-state index in [0.29, 0.717) is 6.54 Å². The maximum atomic E-state index is 11.8. The SMILES string of the molecule is C[C@@H](NC(=O)NCc1ccccc1)c1ccc(Br)cc1. The molecule has 4 heteroatoms. The molecule has 0 bridgehead atoms. The summed E-state index contributed by atoms with van der Waals surface area (Å²) < 4.78 is 1.03. The summed E-state index contributed by atoms with van der Waals surface area (Å²) in [6.45, 7) is 2.49. The van der Waals surface area contributed by atoms with Gasteiger partial charge < -0.3 is 10.6 Å². The van der Waals surface area contributed by atoms with Gasteiger partial charge in [0.2, 0.25) is 0 Å². The van der Waals surface area contributed by atoms with Crippen LogP contribution in [0.1, 0.15) is 24.1 Å². The molecule has 0 heterocycles. The number of rotatable bonds is 4. The molecule has 20 heavy (non-hydrogen) atoms. The Bertz CT molecular complexity index is 554. The van der Waals surface area contributed by atoms with Crippen LogP contribution in [0.4, 0.5) is 4.79 Å². The molecule has 2 N–H and O–H groups in total. The highest BCUT2D eigenvalue weighted by Crippen LogP contribution is 2.16. The van der Waals surface area contributed by atoms with Crippen molar-refractivity contribution in [2.24, 2.45) is 0 Å². The molecule has 2 amide bonds. The normalized spacial score (nSPS) is 11.7. The molecule has 0 unspecified atom stereocenters. The van der Waals surface area contributed by atoms with Crippen LogP contribution in [0, 0.1) is 0 Å². The molecular formula is C16H17BrN2O. The lowest BCUT2D eigenvalue weighted by molar-refractivity contribution is 0.237. The fourth-order valence-corrected chi connectivity index (χ4v) is 2.12. The number of hydrogen-bond donors (Lipinski definition) is 2. The van der Waals surface area contributed by atoms with Crippen molar-refractivity contribution in [1.82, 2.24) is 10.6 Å². The highest BCUT2D eigenvalue weighted by atomic mass is 79.9. The predicted octanol–water partition coefficient (Wildman–Crippen LogP) is 4.01. The van der Waals surface area contributed by atoms with Crippen molar-refractivity contribution < 1.29 is 4.79 Å². The summed E-state index contributed by atoms with van der Waals surface area (Å²) in [5.74, 6) is 0. The van der Waals surface area contributed by atoms with Crippen LogP contribution in [0.25, 0.3) is 0 Å². The van der Waals surface area contributed by atoms with Crippen molar-refractivity contribution in [2.45, 2.75) is 19.5 Å². The van der Waals surface area contributed by atoms with E-state index in [1.165, 1.54) is 0 Å². The first kappa shape index (κ1) is 14.6. The number of carbonyl (C=O) groups is 1. The van der Waals surface area contributed by atoms with E-state index in [2.05, 4.69) is 26.6 Å². The highest BCUT2D eigenvalue weighted by molar-refractivity contribution is 9.10. The van der Waals surface area contributed by atoms with Gasteiger partial charge in [-0.15, -0.1) is 0 Å². The second-order valence-corrected chi connectivity index (χ2v) is 5.50. The van der Waals surface area contributed by atoms with Crippen molar-refractivity contribution in [1.29, 1.82) is 0 Å². The van der Waals surface area contributed by atoms with E-state index in [1.54, 1.807) is 0 Å². The van der Waals surface area contributed by atoms with E-state index in [-0.39, 0.29) is 12.1 Å². The van der Waals surface area contributed by atoms with Gasteiger partial charge in [0.05, 0.1) is 6.04 Å². The average molecular weight is 333 g/mol. The Balaban J connectivity index is 1.83. The Hall–Kier alpha value is -1.81. The van der Waals surface area contributed by atoms with Crippen molar-refractivity contribution in [2.75, 3.05) is 0 Å². The maximum Gasteiger partial charge on any atom is 0.315 e. The second kappa shape index (κ2) is 7.10. The number of hydrogen-bond acceptors (Lipinski definition) is 1. The number of urea groups is 1. The molecule has 0 fully saturated rings. The molecule has 2 aromatic rings. The summed E-state index contributed by atoms with van der Waals surface area (Å²) in [5.41, 5.74) is 2.15. The first-order chi connectivity index (χ1) is 9.65. The molecule has 0 spiro atoms. The Morgan fingerprint density at radius 3 is 2.40 bits per heavy atom. The molecule has 0 radical (unpaired) electrons. The Kier molecular flexibility index (Phi) is 5.18. The van der Waals surface area contributed by atoms with Crippen LogP contribution in [-0.2, 0) is 6.54 Å². The molecule has 2 aromatic carbocycles. The van der Waals surface area contributed by atoms with E-state index in [1.807, 2.05) is 61.5 Å². The van der Waals surface area contributed by atoms with E-state index in [9.17, 15) is 4.79 Å². The van der Waals surface area contributed by atoms with Crippen LogP contribution in [-0.4, -0.2) is 6.03 Å². The predicted molar refractivity (Wildman–Crippen MR) is 84.4 cm³/mol. The monoisotopic (exact) mass is 332 g/mol. The smallest absolute Gasteiger partial charge is 0.315 e. The van der Waals surface area contributed by atoms with Crippen LogP contribution in [0.3, 0.4) is 0 Å². The molecule has 0 saturated heterocycles. The summed E-state index contributed by atoms with van der Waals surface area (Å²) in [6, 6.07) is 17.6. The van der Waals surface area contributed by atoms with Crippen molar-refractivity contribution in [3.8, 4) is 0 Å². The average Bonchev–Trinajstić information content (AvgIpc) is 2.47. The maximum absolute atomic E-state index is 11.8. The number of amides is 2. The van der Waals surface area contributed by atoms with Crippen molar-refractivity contribution in [3.05, 3.63) is 70.2 Å². The van der Waals surface area contributed by atoms with Crippen LogP contribution >= 0.6 is 15.9 Å². The third-order valence-electron chi connectivity index (χ3n) is 3.01. The standard InChI is InChI=1S/C16H17BrN2O/c1-12(14-7-9-15(17)10-8-14)19-16(20)18-11-13-5-3-2-4-6-13/h2-10,12H,11H2,1H3,(H2,18,19,20)/t12-/m1/s1. The van der Waals surface area contributed by atoms with Gasteiger partial charge in [-0.3, -0.25) is 0 Å². The van der Waals surface area contributed by atoms with Gasteiger partial charge >= 0.3 is 6.03 Å². The quantitative estimate of drug-likeness (QED) is 0.872. The van der Waals surface area contributed by atoms with Crippen LogP contribution < -0.4 is 10.6 Å². The van der Waals surface area contributed by atoms with Crippen LogP contribution in [0.15, 0.2) is 59.1 Å². The number of carbonyl (C=O) groups excluding carboxylic acids is 1. The van der Waals surface area contributed by atoms with Crippen molar-refractivity contribution in [3.63, 3.8) is 0 Å². The lowest BCUT2D eigenvalue weighted by atomic mass is 10.1. The van der Waals surface area contributed by atoms with Gasteiger partial charge in [0.25, 0.3) is 0 Å². The Morgan fingerprint density at radius 2 is 1.75 bits per heavy atom. The van der Waals surface area contributed by atoms with E-state index in [4.69, 9.17) is 0 Å². The van der Waals surface area contributed by atoms with Gasteiger partial charge in [0, 0.05) is 11.0 Å². The third kappa shape index (κ3) is 4.38. The molecule has 0 aliphatic rings. The second-order valence-electron chi connectivity index (χ2n) is 4.59. The molecular weight excluding hydrogens is 316 g/mol. The topological polar surface area (TPSA) is 41.1 Å².